The molecule has 0 saturated carbocycles. The quantitative estimate of drug-likeness (QED) is 0.704. The lowest BCUT2D eigenvalue weighted by Gasteiger charge is -2.32. The van der Waals surface area contributed by atoms with Crippen LogP contribution in [0.25, 0.3) is 0 Å². The molecule has 0 aromatic heterocycles. The van der Waals surface area contributed by atoms with Crippen molar-refractivity contribution in [3.63, 3.8) is 0 Å². The van der Waals surface area contributed by atoms with Gasteiger partial charge in [0.2, 0.25) is 0 Å². The van der Waals surface area contributed by atoms with E-state index in [1.807, 2.05) is 0 Å². The van der Waals surface area contributed by atoms with Crippen LogP contribution in [0.5, 0.6) is 0 Å². The molecule has 2 saturated heterocycles. The number of hydrogen-bond donors (Lipinski definition) is 1. The van der Waals surface area contributed by atoms with E-state index in [2.05, 4.69) is 10.2 Å². The number of piperidine rings is 1. The largest absolute Gasteiger partial charge is 0.469 e. The summed E-state index contributed by atoms with van der Waals surface area (Å²) in [7, 11) is 1.42. The number of ether oxygens (including phenoxy) is 2. The number of likely N-dealkylation sites (tertiary alicyclic amines) is 1. The molecule has 6 nitrogen and oxygen atoms in total. The summed E-state index contributed by atoms with van der Waals surface area (Å²) in [5, 5.41) is 2.62. The molecule has 0 aromatic carbocycles. The number of nitrogens with zero attached hydrogens (tertiary/aromatic N) is 1. The van der Waals surface area contributed by atoms with Crippen LogP contribution in [-0.4, -0.2) is 56.4 Å². The van der Waals surface area contributed by atoms with Crippen LogP contribution >= 0.6 is 0 Å². The fourth-order valence-corrected chi connectivity index (χ4v) is 2.40. The fraction of sp³-hybridized carbons (Fsp3) is 0.818. The summed E-state index contributed by atoms with van der Waals surface area (Å²) in [4.78, 5) is 24.5. The van der Waals surface area contributed by atoms with Crippen LogP contribution in [0.1, 0.15) is 12.8 Å². The molecule has 2 atom stereocenters. The smallest absolute Gasteiger partial charge is 0.407 e. The lowest BCUT2D eigenvalue weighted by molar-refractivity contribution is -0.147. The summed E-state index contributed by atoms with van der Waals surface area (Å²) >= 11 is 0. The summed E-state index contributed by atoms with van der Waals surface area (Å²) in [6.45, 7) is 2.88. The first-order chi connectivity index (χ1) is 8.19. The van der Waals surface area contributed by atoms with Gasteiger partial charge in [-0.1, -0.05) is 0 Å². The number of rotatable bonds is 3. The maximum Gasteiger partial charge on any atom is 0.407 e. The first-order valence-electron chi connectivity index (χ1n) is 5.93. The van der Waals surface area contributed by atoms with Gasteiger partial charge in [-0.3, -0.25) is 9.69 Å². The van der Waals surface area contributed by atoms with Gasteiger partial charge in [0.05, 0.1) is 19.6 Å². The highest BCUT2D eigenvalue weighted by Crippen LogP contribution is 2.18. The summed E-state index contributed by atoms with van der Waals surface area (Å²) < 4.78 is 9.84. The third kappa shape index (κ3) is 3.09. The molecule has 1 amide bonds. The van der Waals surface area contributed by atoms with Gasteiger partial charge < -0.3 is 14.8 Å². The second kappa shape index (κ2) is 5.35. The van der Waals surface area contributed by atoms with Crippen LogP contribution in [0.15, 0.2) is 0 Å². The SMILES string of the molecule is COC(=O)C1CCCN(CC2CNC(=O)O2)C1. The maximum absolute atomic E-state index is 11.5. The van der Waals surface area contributed by atoms with Crippen LogP contribution in [0.4, 0.5) is 4.79 Å². The molecule has 17 heavy (non-hydrogen) atoms. The molecule has 2 heterocycles. The standard InChI is InChI=1S/C11H18N2O4/c1-16-10(14)8-3-2-4-13(6-8)7-9-5-12-11(15)17-9/h8-9H,2-7H2,1H3,(H,12,15). The number of methoxy groups -OCH3 is 1. The number of esters is 1. The number of nitrogens with one attached hydrogen (secondary N) is 1. The van der Waals surface area contributed by atoms with Gasteiger partial charge >= 0.3 is 12.1 Å². The maximum atomic E-state index is 11.5. The molecule has 0 spiro atoms. The van der Waals surface area contributed by atoms with Crippen molar-refractivity contribution in [2.75, 3.05) is 33.3 Å². The third-order valence-electron chi connectivity index (χ3n) is 3.25. The lowest BCUT2D eigenvalue weighted by Crippen LogP contribution is -2.43. The zero-order valence-electron chi connectivity index (χ0n) is 9.98. The van der Waals surface area contributed by atoms with E-state index in [0.717, 1.165) is 19.4 Å². The molecule has 0 aromatic rings. The lowest BCUT2D eigenvalue weighted by atomic mass is 9.98. The number of carbonyl (C=O) groups is 2. The molecule has 1 N–H and O–H groups in total. The highest BCUT2D eigenvalue weighted by Gasteiger charge is 2.30. The third-order valence-corrected chi connectivity index (χ3v) is 3.25. The summed E-state index contributed by atoms with van der Waals surface area (Å²) in [5.41, 5.74) is 0. The Hall–Kier alpha value is -1.30. The van der Waals surface area contributed by atoms with Crippen LogP contribution in [0.3, 0.4) is 0 Å². The molecule has 2 unspecified atom stereocenters. The Bertz CT molecular complexity index is 308. The zero-order chi connectivity index (χ0) is 12.3. The Morgan fingerprint density at radius 1 is 1.65 bits per heavy atom. The number of carbonyl (C=O) groups excluding carboxylic acids is 2. The fourth-order valence-electron chi connectivity index (χ4n) is 2.40. The van der Waals surface area contributed by atoms with Crippen LogP contribution in [0, 0.1) is 5.92 Å². The predicted molar refractivity (Wildman–Crippen MR) is 59.5 cm³/mol. The Labute approximate surface area is 100 Å². The van der Waals surface area contributed by atoms with E-state index in [1.165, 1.54) is 7.11 Å². The highest BCUT2D eigenvalue weighted by molar-refractivity contribution is 5.72. The van der Waals surface area contributed by atoms with Gasteiger partial charge in [0.1, 0.15) is 6.10 Å². The van der Waals surface area contributed by atoms with Crippen LogP contribution < -0.4 is 5.32 Å². The summed E-state index contributed by atoms with van der Waals surface area (Å²) in [6.07, 6.45) is 1.41. The van der Waals surface area contributed by atoms with Gasteiger partial charge in [-0.15, -0.1) is 0 Å². The summed E-state index contributed by atoms with van der Waals surface area (Å²) in [5.74, 6) is -0.185. The van der Waals surface area contributed by atoms with E-state index in [9.17, 15) is 9.59 Å². The van der Waals surface area contributed by atoms with Gasteiger partial charge in [-0.2, -0.15) is 0 Å². The molecule has 2 fully saturated rings. The monoisotopic (exact) mass is 242 g/mol. The van der Waals surface area contributed by atoms with Crippen molar-refractivity contribution in [1.29, 1.82) is 0 Å². The van der Waals surface area contributed by atoms with Crippen molar-refractivity contribution in [2.45, 2.75) is 18.9 Å². The van der Waals surface area contributed by atoms with E-state index in [4.69, 9.17) is 9.47 Å². The van der Waals surface area contributed by atoms with Crippen LogP contribution in [-0.2, 0) is 14.3 Å². The van der Waals surface area contributed by atoms with Crippen molar-refractivity contribution in [1.82, 2.24) is 10.2 Å². The highest BCUT2D eigenvalue weighted by atomic mass is 16.6. The van der Waals surface area contributed by atoms with Crippen molar-refractivity contribution in [3.8, 4) is 0 Å². The van der Waals surface area contributed by atoms with Crippen molar-refractivity contribution in [2.24, 2.45) is 5.92 Å². The average molecular weight is 242 g/mol. The first-order valence-corrected chi connectivity index (χ1v) is 5.93. The molecule has 6 heteroatoms. The number of alkyl carbamates (subject to hydrolysis) is 1. The molecular weight excluding hydrogens is 224 g/mol. The number of hydrogen-bond acceptors (Lipinski definition) is 5. The number of cyclic esters (lactones) is 1. The van der Waals surface area contributed by atoms with E-state index in [-0.39, 0.29) is 24.1 Å². The molecule has 0 aliphatic carbocycles. The Balaban J connectivity index is 1.81. The molecule has 0 radical (unpaired) electrons. The van der Waals surface area contributed by atoms with Gasteiger partial charge in [0.15, 0.2) is 0 Å². The number of amides is 1. The zero-order valence-corrected chi connectivity index (χ0v) is 9.98. The van der Waals surface area contributed by atoms with Gasteiger partial charge in [-0.05, 0) is 19.4 Å². The topological polar surface area (TPSA) is 67.9 Å². The van der Waals surface area contributed by atoms with Crippen LogP contribution in [0.2, 0.25) is 0 Å². The molecule has 2 aliphatic rings. The van der Waals surface area contributed by atoms with Gasteiger partial charge in [-0.25, -0.2) is 4.79 Å². The minimum absolute atomic E-state index is 0.0428. The Kier molecular flexibility index (Phi) is 3.83. The second-order valence-corrected chi connectivity index (χ2v) is 4.53. The second-order valence-electron chi connectivity index (χ2n) is 4.53. The van der Waals surface area contributed by atoms with Gasteiger partial charge in [0, 0.05) is 13.1 Å². The van der Waals surface area contributed by atoms with Gasteiger partial charge in [0.25, 0.3) is 0 Å². The molecular formula is C11H18N2O4. The first kappa shape index (κ1) is 12.2. The molecule has 2 aliphatic heterocycles. The molecule has 0 bridgehead atoms. The summed E-state index contributed by atoms with van der Waals surface area (Å²) in [6, 6.07) is 0. The van der Waals surface area contributed by atoms with E-state index < -0.39 is 0 Å². The van der Waals surface area contributed by atoms with Crippen molar-refractivity contribution < 1.29 is 19.1 Å². The minimum atomic E-state index is -0.350. The predicted octanol–water partition coefficient (Wildman–Crippen LogP) is -0.0202. The molecule has 2 rings (SSSR count). The minimum Gasteiger partial charge on any atom is -0.469 e. The van der Waals surface area contributed by atoms with E-state index in [0.29, 0.717) is 19.6 Å². The van der Waals surface area contributed by atoms with E-state index in [1.54, 1.807) is 0 Å². The molecule has 96 valence electrons. The Morgan fingerprint density at radius 2 is 2.47 bits per heavy atom. The van der Waals surface area contributed by atoms with Crippen molar-refractivity contribution in [3.05, 3.63) is 0 Å². The average Bonchev–Trinajstić information content (AvgIpc) is 2.74. The normalized spacial score (nSPS) is 29.6. The van der Waals surface area contributed by atoms with E-state index >= 15 is 0 Å². The Morgan fingerprint density at radius 3 is 3.12 bits per heavy atom. The van der Waals surface area contributed by atoms with Crippen molar-refractivity contribution >= 4 is 12.1 Å².